The maximum atomic E-state index is 6.45. The lowest BCUT2D eigenvalue weighted by Crippen LogP contribution is -1.95. The Morgan fingerprint density at radius 3 is 0.837 bits per heavy atom. The summed E-state index contributed by atoms with van der Waals surface area (Å²) in [6.07, 6.45) is 0. The molecule has 135 heavy (non-hydrogen) atoms. The van der Waals surface area contributed by atoms with Crippen LogP contribution in [0.2, 0.25) is 0 Å². The van der Waals surface area contributed by atoms with Crippen molar-refractivity contribution in [1.29, 1.82) is 0 Å². The highest BCUT2D eigenvalue weighted by Crippen LogP contribution is 2.52. The second kappa shape index (κ2) is 27.2. The molecule has 0 spiro atoms. The highest BCUT2D eigenvalue weighted by molar-refractivity contribution is 6.37. The molecule has 9 heteroatoms. The van der Waals surface area contributed by atoms with Crippen molar-refractivity contribution in [2.24, 2.45) is 0 Å². The van der Waals surface area contributed by atoms with E-state index in [1.165, 1.54) is 185 Å². The van der Waals surface area contributed by atoms with E-state index >= 15 is 0 Å². The van der Waals surface area contributed by atoms with Crippen LogP contribution in [0.25, 0.3) is 296 Å². The Bertz CT molecular complexity index is 10900. The third-order valence-corrected chi connectivity index (χ3v) is 29.6. The first kappa shape index (κ1) is 72.7. The molecule has 0 aliphatic carbocycles. The van der Waals surface area contributed by atoms with Crippen LogP contribution in [-0.4, -0.2) is 26.9 Å². The molecule has 33 rings (SSSR count). The highest BCUT2D eigenvalue weighted by atomic mass is 16.3. The van der Waals surface area contributed by atoms with E-state index in [0.717, 1.165) is 111 Å². The van der Waals surface area contributed by atoms with Crippen molar-refractivity contribution in [3.05, 3.63) is 437 Å². The van der Waals surface area contributed by atoms with Gasteiger partial charge in [0.25, 0.3) is 0 Å². The maximum absolute atomic E-state index is 6.45. The number of rotatable bonds is 6. The lowest BCUT2D eigenvalue weighted by molar-refractivity contribution is 0.669. The summed E-state index contributed by atoms with van der Waals surface area (Å²) >= 11 is 0. The first-order chi connectivity index (χ1) is 67.0. The first-order valence-corrected chi connectivity index (χ1v) is 46.4. The minimum Gasteiger partial charge on any atom is -0.456 e. The molecular weight excluding hydrogens is 1650 g/mol. The van der Waals surface area contributed by atoms with E-state index in [1.54, 1.807) is 0 Å². The number of nitrogens with zero attached hydrogens (tertiary/aromatic N) is 6. The molecule has 12 heterocycles. The third-order valence-electron chi connectivity index (χ3n) is 29.6. The largest absolute Gasteiger partial charge is 0.456 e. The molecule has 0 radical (unpaired) electrons. The Morgan fingerprint density at radius 1 is 0.141 bits per heavy atom. The van der Waals surface area contributed by atoms with Crippen molar-refractivity contribution < 1.29 is 13.3 Å². The van der Waals surface area contributed by atoms with Gasteiger partial charge in [-0.2, -0.15) is 0 Å². The summed E-state index contributed by atoms with van der Waals surface area (Å²) in [7, 11) is 0. The Kier molecular flexibility index (Phi) is 14.7. The SMILES string of the molecule is c1cc(-c2cccc3c2oc2ccccc23)cc(-n2c3cccc4c5ccccc5n5c6ccccc6c6ccc2c(c43)c65)c1.c1ccc2c(c1)oc1c(-c3ccc(-n4c5cccc6c7ccccc7n7c8ccccc8c8ccc4c(c65)c87)cc3)cccc12.c1ccc2c(c1)oc1cc(-c3ccc(-n4c5cccc6c7ccccc7n7c8ccccc8c8ccc4c(c65)c87)cc3)ccc12. The first-order valence-electron chi connectivity index (χ1n) is 46.4. The van der Waals surface area contributed by atoms with Crippen LogP contribution in [0.1, 0.15) is 0 Å². The zero-order valence-corrected chi connectivity index (χ0v) is 72.5. The van der Waals surface area contributed by atoms with Crippen molar-refractivity contribution in [3.63, 3.8) is 0 Å². The fourth-order valence-electron chi connectivity index (χ4n) is 24.0. The molecule has 0 aliphatic rings. The van der Waals surface area contributed by atoms with Gasteiger partial charge in [-0.25, -0.2) is 0 Å². The summed E-state index contributed by atoms with van der Waals surface area (Å²) in [6, 6.07) is 158. The monoisotopic (exact) mass is 1720 g/mol. The lowest BCUT2D eigenvalue weighted by Gasteiger charge is -2.11. The van der Waals surface area contributed by atoms with Gasteiger partial charge >= 0.3 is 0 Å². The standard InChI is InChI=1S/3C42H24N2O/c1-4-18-34-28(12-1)31-16-9-20-36-39(31)40-37(23-22-32-29-13-2-5-19-35(29)44(34)41(32)40)43(36)26-11-7-10-25(24-26)27-15-8-17-33-30-14-3-6-21-38(30)45-42(27)33;1-4-15-34-28(9-1)31-13-8-17-36-39(31)40-37(24-23-32-29-10-2-5-16-35(29)44(34)41(32)40)43(36)26-21-19-25(20-22-26)27-12-7-14-33-30-11-3-6-18-38(30)45-42(27)33;1-4-12-34-28(8-1)32-11-7-14-36-40(32)41-37(23-22-33-29-9-2-5-13-35(29)44(34)42(33)41)43(36)27-19-16-25(17-20-27)26-18-21-31-30-10-3-6-15-38(30)45-39(31)24-26/h3*1-24H. The van der Waals surface area contributed by atoms with Crippen LogP contribution in [0.15, 0.2) is 450 Å². The number of para-hydroxylation sites is 11. The summed E-state index contributed by atoms with van der Waals surface area (Å²) in [4.78, 5) is 0. The minimum atomic E-state index is 0.917. The highest BCUT2D eigenvalue weighted by Gasteiger charge is 2.29. The molecule has 12 aromatic heterocycles. The maximum Gasteiger partial charge on any atom is 0.143 e. The van der Waals surface area contributed by atoms with E-state index in [0.29, 0.717) is 0 Å². The Morgan fingerprint density at radius 2 is 0.422 bits per heavy atom. The summed E-state index contributed by atoms with van der Waals surface area (Å²) in [5.41, 5.74) is 34.3. The molecule has 9 nitrogen and oxygen atoms in total. The summed E-state index contributed by atoms with van der Waals surface area (Å²) < 4.78 is 33.8. The molecule has 0 atom stereocenters. The fourth-order valence-corrected chi connectivity index (χ4v) is 24.0. The minimum absolute atomic E-state index is 0.917. The van der Waals surface area contributed by atoms with Gasteiger partial charge in [-0.05, 0) is 178 Å². The number of fused-ring (bicyclic) bond motifs is 27. The Labute approximate surface area is 767 Å². The van der Waals surface area contributed by atoms with Gasteiger partial charge in [-0.1, -0.05) is 297 Å². The van der Waals surface area contributed by atoms with Crippen molar-refractivity contribution in [2.45, 2.75) is 0 Å². The van der Waals surface area contributed by atoms with Gasteiger partial charge in [-0.3, -0.25) is 0 Å². The molecule has 0 aliphatic heterocycles. The molecule has 21 aromatic carbocycles. The average Bonchev–Trinajstić information content (AvgIpc) is 1.53. The molecule has 33 aromatic rings. The van der Waals surface area contributed by atoms with Gasteiger partial charge in [0.2, 0.25) is 0 Å². The normalized spacial score (nSPS) is 12.4. The smallest absolute Gasteiger partial charge is 0.143 e. The molecule has 0 saturated heterocycles. The van der Waals surface area contributed by atoms with Crippen molar-refractivity contribution >= 4 is 246 Å². The zero-order chi connectivity index (χ0) is 87.7. The zero-order valence-electron chi connectivity index (χ0n) is 72.5. The second-order valence-electron chi connectivity index (χ2n) is 36.3. The van der Waals surface area contributed by atoms with Gasteiger partial charge < -0.3 is 40.2 Å². The molecule has 624 valence electrons. The van der Waals surface area contributed by atoms with Gasteiger partial charge in [0.1, 0.15) is 33.5 Å². The van der Waals surface area contributed by atoms with E-state index in [2.05, 4.69) is 427 Å². The van der Waals surface area contributed by atoms with Crippen LogP contribution >= 0.6 is 0 Å². The predicted octanol–water partition coefficient (Wildman–Crippen LogP) is 34.5. The number of hydrogen-bond acceptors (Lipinski definition) is 3. The lowest BCUT2D eigenvalue weighted by atomic mass is 10.0. The van der Waals surface area contributed by atoms with E-state index in [-0.39, 0.29) is 0 Å². The molecule has 0 saturated carbocycles. The molecule has 0 unspecified atom stereocenters. The Balaban J connectivity index is 0.0000000945. The molecule has 0 bridgehead atoms. The molecule has 0 N–H and O–H groups in total. The van der Waals surface area contributed by atoms with Crippen LogP contribution in [0.5, 0.6) is 0 Å². The topological polar surface area (TPSA) is 67.4 Å². The predicted molar refractivity (Wildman–Crippen MR) is 564 cm³/mol. The number of benzene rings is 21. The molecule has 0 fully saturated rings. The van der Waals surface area contributed by atoms with Crippen molar-refractivity contribution in [1.82, 2.24) is 26.9 Å². The fraction of sp³-hybridized carbons (Fsp3) is 0. The van der Waals surface area contributed by atoms with Gasteiger partial charge in [0, 0.05) is 141 Å². The van der Waals surface area contributed by atoms with E-state index in [4.69, 9.17) is 13.3 Å². The second-order valence-corrected chi connectivity index (χ2v) is 36.3. The quantitative estimate of drug-likeness (QED) is 0.167. The third kappa shape index (κ3) is 9.92. The summed E-state index contributed by atoms with van der Waals surface area (Å²) in [6.45, 7) is 0. The van der Waals surface area contributed by atoms with E-state index in [9.17, 15) is 0 Å². The van der Waals surface area contributed by atoms with Crippen LogP contribution in [-0.2, 0) is 0 Å². The van der Waals surface area contributed by atoms with Crippen LogP contribution < -0.4 is 0 Å². The summed E-state index contributed by atoms with van der Waals surface area (Å²) in [5, 5.41) is 30.1. The van der Waals surface area contributed by atoms with Crippen molar-refractivity contribution in [2.75, 3.05) is 0 Å². The van der Waals surface area contributed by atoms with Crippen molar-refractivity contribution in [3.8, 4) is 50.4 Å². The summed E-state index contributed by atoms with van der Waals surface area (Å²) in [5.74, 6) is 0. The van der Waals surface area contributed by atoms with E-state index < -0.39 is 0 Å². The average molecular weight is 1720 g/mol. The van der Waals surface area contributed by atoms with Crippen LogP contribution in [0.4, 0.5) is 0 Å². The van der Waals surface area contributed by atoms with E-state index in [1.807, 2.05) is 36.4 Å². The van der Waals surface area contributed by atoms with Crippen LogP contribution in [0, 0.1) is 0 Å². The molecular formula is C126H72N6O3. The number of hydrogen-bond donors (Lipinski definition) is 0. The Hall–Kier alpha value is -18.2. The van der Waals surface area contributed by atoms with Crippen LogP contribution in [0.3, 0.4) is 0 Å². The van der Waals surface area contributed by atoms with Gasteiger partial charge in [-0.15, -0.1) is 0 Å². The van der Waals surface area contributed by atoms with Gasteiger partial charge in [0.15, 0.2) is 0 Å². The number of aromatic nitrogens is 6. The number of furan rings is 3. The van der Waals surface area contributed by atoms with Gasteiger partial charge in [0.05, 0.1) is 82.8 Å². The molecule has 0 amide bonds.